The van der Waals surface area contributed by atoms with Crippen LogP contribution in [0, 0.1) is 6.92 Å². The molecule has 0 radical (unpaired) electrons. The fraction of sp³-hybridized carbons (Fsp3) is 0.200. The van der Waals surface area contributed by atoms with Crippen LogP contribution >= 0.6 is 0 Å². The van der Waals surface area contributed by atoms with Crippen molar-refractivity contribution in [1.82, 2.24) is 14.5 Å². The van der Waals surface area contributed by atoms with E-state index in [1.807, 2.05) is 4.98 Å². The second-order valence-electron chi connectivity index (χ2n) is 3.60. The van der Waals surface area contributed by atoms with Crippen molar-refractivity contribution < 1.29 is 14.3 Å². The predicted molar refractivity (Wildman–Crippen MR) is 58.6 cm³/mol. The number of aromatic carboxylic acids is 1. The van der Waals surface area contributed by atoms with Gasteiger partial charge in [-0.3, -0.25) is 14.3 Å². The number of H-pyrrole nitrogens is 1. The second kappa shape index (κ2) is 4.32. The van der Waals surface area contributed by atoms with Gasteiger partial charge in [0, 0.05) is 6.20 Å². The number of carbonyl (C=O) groups is 1. The van der Waals surface area contributed by atoms with Gasteiger partial charge in [-0.05, 0) is 6.92 Å². The molecule has 18 heavy (non-hydrogen) atoms. The predicted octanol–water partition coefficient (Wildman–Crippen LogP) is -0.420. The Balaban J connectivity index is 2.45. The minimum Gasteiger partial charge on any atom is -0.477 e. The number of hydrogen-bond donors (Lipinski definition) is 2. The third kappa shape index (κ3) is 2.21. The average molecular weight is 251 g/mol. The van der Waals surface area contributed by atoms with Crippen LogP contribution in [0.25, 0.3) is 0 Å². The summed E-state index contributed by atoms with van der Waals surface area (Å²) in [5.41, 5.74) is -2.17. The lowest BCUT2D eigenvalue weighted by Crippen LogP contribution is -2.33. The molecule has 0 bridgehead atoms. The van der Waals surface area contributed by atoms with E-state index in [0.717, 1.165) is 10.8 Å². The number of nitrogens with one attached hydrogen (secondary N) is 1. The Kier molecular flexibility index (Phi) is 2.84. The molecule has 0 fully saturated rings. The van der Waals surface area contributed by atoms with Gasteiger partial charge >= 0.3 is 11.7 Å². The fourth-order valence-electron chi connectivity index (χ4n) is 1.40. The van der Waals surface area contributed by atoms with Crippen molar-refractivity contribution in [2.45, 2.75) is 13.5 Å². The topological polar surface area (TPSA) is 118 Å². The van der Waals surface area contributed by atoms with Crippen LogP contribution in [0.3, 0.4) is 0 Å². The van der Waals surface area contributed by atoms with Crippen molar-refractivity contribution in [2.24, 2.45) is 0 Å². The lowest BCUT2D eigenvalue weighted by molar-refractivity contribution is 0.0693. The minimum atomic E-state index is -1.41. The number of rotatable bonds is 3. The van der Waals surface area contributed by atoms with Crippen LogP contribution < -0.4 is 11.2 Å². The SMILES string of the molecule is Cc1cnc(Cn2cc(C(=O)O)c(=O)[nH]c2=O)o1. The summed E-state index contributed by atoms with van der Waals surface area (Å²) >= 11 is 0. The summed E-state index contributed by atoms with van der Waals surface area (Å²) in [4.78, 5) is 39.2. The first-order valence-corrected chi connectivity index (χ1v) is 4.95. The van der Waals surface area contributed by atoms with E-state index in [0.29, 0.717) is 5.76 Å². The number of nitrogens with zero attached hydrogens (tertiary/aromatic N) is 2. The molecule has 2 rings (SSSR count). The second-order valence-corrected chi connectivity index (χ2v) is 3.60. The van der Waals surface area contributed by atoms with Crippen molar-refractivity contribution in [1.29, 1.82) is 0 Å². The van der Waals surface area contributed by atoms with E-state index in [1.54, 1.807) is 6.92 Å². The molecule has 2 N–H and O–H groups in total. The molecule has 0 spiro atoms. The zero-order valence-electron chi connectivity index (χ0n) is 9.34. The van der Waals surface area contributed by atoms with Crippen molar-refractivity contribution >= 4 is 5.97 Å². The summed E-state index contributed by atoms with van der Waals surface area (Å²) in [5.74, 6) is -0.590. The highest BCUT2D eigenvalue weighted by atomic mass is 16.4. The highest BCUT2D eigenvalue weighted by Gasteiger charge is 2.12. The maximum Gasteiger partial charge on any atom is 0.342 e. The van der Waals surface area contributed by atoms with Gasteiger partial charge in [-0.15, -0.1) is 0 Å². The Morgan fingerprint density at radius 2 is 2.28 bits per heavy atom. The minimum absolute atomic E-state index is 0.0519. The zero-order chi connectivity index (χ0) is 13.3. The van der Waals surface area contributed by atoms with E-state index in [9.17, 15) is 14.4 Å². The van der Waals surface area contributed by atoms with Crippen LogP contribution in [0.2, 0.25) is 0 Å². The van der Waals surface area contributed by atoms with Gasteiger partial charge < -0.3 is 9.52 Å². The van der Waals surface area contributed by atoms with Crippen molar-refractivity contribution in [2.75, 3.05) is 0 Å². The Morgan fingerprint density at radius 1 is 1.56 bits per heavy atom. The third-order valence-corrected chi connectivity index (χ3v) is 2.22. The molecule has 8 heteroatoms. The molecule has 2 aromatic heterocycles. The Hall–Kier alpha value is -2.64. The van der Waals surface area contributed by atoms with E-state index < -0.39 is 22.8 Å². The van der Waals surface area contributed by atoms with Gasteiger partial charge in [-0.25, -0.2) is 14.6 Å². The molecule has 0 saturated carbocycles. The summed E-state index contributed by atoms with van der Waals surface area (Å²) in [7, 11) is 0. The van der Waals surface area contributed by atoms with Gasteiger partial charge in [0.1, 0.15) is 17.9 Å². The largest absolute Gasteiger partial charge is 0.477 e. The van der Waals surface area contributed by atoms with E-state index in [1.165, 1.54) is 6.20 Å². The maximum absolute atomic E-state index is 11.5. The van der Waals surface area contributed by atoms with Crippen LogP contribution in [-0.4, -0.2) is 25.6 Å². The smallest absolute Gasteiger partial charge is 0.342 e. The van der Waals surface area contributed by atoms with Crippen LogP contribution in [0.1, 0.15) is 22.0 Å². The van der Waals surface area contributed by atoms with Crippen LogP contribution in [0.15, 0.2) is 26.4 Å². The number of aromatic amines is 1. The monoisotopic (exact) mass is 251 g/mol. The van der Waals surface area contributed by atoms with E-state index in [-0.39, 0.29) is 12.4 Å². The van der Waals surface area contributed by atoms with Crippen LogP contribution in [0.5, 0.6) is 0 Å². The highest BCUT2D eigenvalue weighted by molar-refractivity contribution is 5.86. The number of carboxylic acids is 1. The van der Waals surface area contributed by atoms with Crippen molar-refractivity contribution in [3.63, 3.8) is 0 Å². The lowest BCUT2D eigenvalue weighted by atomic mass is 10.3. The van der Waals surface area contributed by atoms with E-state index >= 15 is 0 Å². The number of carboxylic acid groups (broad SMARTS) is 1. The first kappa shape index (κ1) is 11.8. The summed E-state index contributed by atoms with van der Waals surface area (Å²) in [6.07, 6.45) is 2.44. The lowest BCUT2D eigenvalue weighted by Gasteiger charge is -2.02. The summed E-state index contributed by atoms with van der Waals surface area (Å²) in [6, 6.07) is 0. The third-order valence-electron chi connectivity index (χ3n) is 2.22. The van der Waals surface area contributed by atoms with E-state index in [4.69, 9.17) is 9.52 Å². The molecule has 94 valence electrons. The Bertz CT molecular complexity index is 709. The quantitative estimate of drug-likeness (QED) is 0.764. The average Bonchev–Trinajstić information content (AvgIpc) is 2.67. The van der Waals surface area contributed by atoms with Gasteiger partial charge in [0.2, 0.25) is 5.89 Å². The first-order valence-electron chi connectivity index (χ1n) is 4.95. The molecule has 2 aromatic rings. The number of aromatic nitrogens is 3. The van der Waals surface area contributed by atoms with Gasteiger partial charge in [0.25, 0.3) is 5.56 Å². The standard InChI is InChI=1S/C10H9N3O5/c1-5-2-11-7(18-5)4-13-3-6(9(15)16)8(14)12-10(13)17/h2-3H,4H2,1H3,(H,15,16)(H,12,14,17). The molecule has 0 aliphatic rings. The highest BCUT2D eigenvalue weighted by Crippen LogP contribution is 2.02. The van der Waals surface area contributed by atoms with Gasteiger partial charge in [-0.1, -0.05) is 0 Å². The molecule has 0 amide bonds. The normalized spacial score (nSPS) is 10.5. The molecular formula is C10H9N3O5. The molecule has 0 aliphatic carbocycles. The molecule has 0 atom stereocenters. The molecule has 8 nitrogen and oxygen atoms in total. The van der Waals surface area contributed by atoms with Gasteiger partial charge in [-0.2, -0.15) is 0 Å². The molecule has 0 unspecified atom stereocenters. The molecular weight excluding hydrogens is 242 g/mol. The summed E-state index contributed by atoms with van der Waals surface area (Å²) < 4.78 is 6.17. The molecule has 2 heterocycles. The molecule has 0 aliphatic heterocycles. The van der Waals surface area contributed by atoms with Crippen LogP contribution in [-0.2, 0) is 6.54 Å². The van der Waals surface area contributed by atoms with Gasteiger partial charge in [0.15, 0.2) is 0 Å². The molecule has 0 aromatic carbocycles. The number of aryl methyl sites for hydroxylation is 1. The van der Waals surface area contributed by atoms with Crippen molar-refractivity contribution in [3.8, 4) is 0 Å². The van der Waals surface area contributed by atoms with E-state index in [2.05, 4.69) is 4.98 Å². The summed E-state index contributed by atoms with van der Waals surface area (Å²) in [6.45, 7) is 1.64. The molecule has 0 saturated heterocycles. The zero-order valence-corrected chi connectivity index (χ0v) is 9.34. The maximum atomic E-state index is 11.5. The number of hydrogen-bond acceptors (Lipinski definition) is 5. The summed E-state index contributed by atoms with van der Waals surface area (Å²) in [5, 5.41) is 8.78. The number of oxazole rings is 1. The first-order chi connectivity index (χ1) is 8.47. The van der Waals surface area contributed by atoms with Gasteiger partial charge in [0.05, 0.1) is 6.20 Å². The Labute approximate surface area is 99.5 Å². The van der Waals surface area contributed by atoms with Crippen LogP contribution in [0.4, 0.5) is 0 Å². The van der Waals surface area contributed by atoms with Crippen molar-refractivity contribution in [3.05, 3.63) is 50.4 Å². The fourth-order valence-corrected chi connectivity index (χ4v) is 1.40. The Morgan fingerprint density at radius 3 is 2.83 bits per heavy atom.